The fourth-order valence-electron chi connectivity index (χ4n) is 5.28. The van der Waals surface area contributed by atoms with Crippen molar-refractivity contribution in [3.63, 3.8) is 0 Å². The lowest BCUT2D eigenvalue weighted by molar-refractivity contribution is -0.151. The number of allylic oxidation sites excluding steroid dienone is 2. The highest BCUT2D eigenvalue weighted by molar-refractivity contribution is 5.92. The third-order valence-corrected chi connectivity index (χ3v) is 7.49. The second-order valence-corrected chi connectivity index (χ2v) is 10.7. The molecule has 0 amide bonds. The van der Waals surface area contributed by atoms with Gasteiger partial charge in [-0.1, -0.05) is 40.2 Å². The summed E-state index contributed by atoms with van der Waals surface area (Å²) in [7, 11) is 0. The predicted molar refractivity (Wildman–Crippen MR) is 118 cm³/mol. The summed E-state index contributed by atoms with van der Waals surface area (Å²) in [6.07, 6.45) is 5.91. The number of fused-ring (bicyclic) bond motifs is 1. The summed E-state index contributed by atoms with van der Waals surface area (Å²) in [6.45, 7) is 11.9. The molecule has 0 heterocycles. The van der Waals surface area contributed by atoms with Crippen LogP contribution in [0.2, 0.25) is 0 Å². The summed E-state index contributed by atoms with van der Waals surface area (Å²) in [5.41, 5.74) is 1.29. The van der Waals surface area contributed by atoms with Gasteiger partial charge in [0.1, 0.15) is 19.3 Å². The minimum Gasteiger partial charge on any atom is -0.463 e. The molecule has 2 aliphatic carbocycles. The van der Waals surface area contributed by atoms with E-state index in [4.69, 9.17) is 9.47 Å². The maximum Gasteiger partial charge on any atom is 0.306 e. The van der Waals surface area contributed by atoms with Crippen molar-refractivity contribution in [3.8, 4) is 0 Å². The highest BCUT2D eigenvalue weighted by atomic mass is 16.6. The number of carbonyl (C=O) groups is 3. The van der Waals surface area contributed by atoms with E-state index in [1.807, 2.05) is 13.0 Å². The van der Waals surface area contributed by atoms with Gasteiger partial charge < -0.3 is 14.6 Å². The van der Waals surface area contributed by atoms with Crippen molar-refractivity contribution < 1.29 is 29.0 Å². The van der Waals surface area contributed by atoms with Gasteiger partial charge in [0, 0.05) is 19.8 Å². The molecule has 5 atom stereocenters. The van der Waals surface area contributed by atoms with Gasteiger partial charge in [0.25, 0.3) is 0 Å². The fourth-order valence-corrected chi connectivity index (χ4v) is 5.28. The van der Waals surface area contributed by atoms with Crippen LogP contribution in [0.4, 0.5) is 0 Å². The number of ketones is 1. The fraction of sp³-hybridized carbons (Fsp3) is 0.800. The Morgan fingerprint density at radius 2 is 1.84 bits per heavy atom. The molecule has 0 aromatic heterocycles. The average Bonchev–Trinajstić information content (AvgIpc) is 2.65. The maximum atomic E-state index is 12.4. The largest absolute Gasteiger partial charge is 0.463 e. The van der Waals surface area contributed by atoms with E-state index in [1.165, 1.54) is 12.5 Å². The third-order valence-electron chi connectivity index (χ3n) is 7.49. The highest BCUT2D eigenvalue weighted by Gasteiger charge is 2.49. The van der Waals surface area contributed by atoms with Gasteiger partial charge in [-0.05, 0) is 60.3 Å². The van der Waals surface area contributed by atoms with Crippen molar-refractivity contribution in [2.24, 2.45) is 28.6 Å². The molecule has 1 N–H and O–H groups in total. The third kappa shape index (κ3) is 6.64. The summed E-state index contributed by atoms with van der Waals surface area (Å²) in [4.78, 5) is 35.3. The lowest BCUT2D eigenvalue weighted by Crippen LogP contribution is -2.44. The van der Waals surface area contributed by atoms with Crippen molar-refractivity contribution in [1.29, 1.82) is 0 Å². The number of ether oxygens (including phenoxy) is 2. The van der Waals surface area contributed by atoms with Gasteiger partial charge >= 0.3 is 11.9 Å². The summed E-state index contributed by atoms with van der Waals surface area (Å²) >= 11 is 0. The number of esters is 2. The molecule has 0 aliphatic heterocycles. The van der Waals surface area contributed by atoms with Crippen LogP contribution in [0, 0.1) is 28.6 Å². The smallest absolute Gasteiger partial charge is 0.306 e. The molecule has 0 unspecified atom stereocenters. The van der Waals surface area contributed by atoms with E-state index in [2.05, 4.69) is 27.7 Å². The van der Waals surface area contributed by atoms with Crippen molar-refractivity contribution in [2.45, 2.75) is 86.2 Å². The molecule has 2 rings (SSSR count). The number of aliphatic hydroxyl groups is 1. The normalized spacial score (nSPS) is 29.4. The molecule has 2 aliphatic rings. The zero-order chi connectivity index (χ0) is 23.4. The van der Waals surface area contributed by atoms with Gasteiger partial charge in [-0.25, -0.2) is 0 Å². The van der Waals surface area contributed by atoms with E-state index in [9.17, 15) is 19.5 Å². The Kier molecular flexibility index (Phi) is 8.48. The van der Waals surface area contributed by atoms with Crippen LogP contribution in [0.15, 0.2) is 11.6 Å². The quantitative estimate of drug-likeness (QED) is 0.544. The van der Waals surface area contributed by atoms with Crippen LogP contribution in [0.5, 0.6) is 0 Å². The first-order valence-corrected chi connectivity index (χ1v) is 11.6. The molecule has 1 fully saturated rings. The summed E-state index contributed by atoms with van der Waals surface area (Å²) in [5.74, 6) is 0.473. The van der Waals surface area contributed by atoms with E-state index in [1.54, 1.807) is 0 Å². The predicted octanol–water partition coefficient (Wildman–Crippen LogP) is 4.24. The number of aliphatic hydroxyl groups excluding tert-OH is 1. The van der Waals surface area contributed by atoms with Crippen LogP contribution < -0.4 is 0 Å². The molecular formula is C25H40O6. The molecule has 0 aromatic rings. The Hall–Kier alpha value is -1.69. The van der Waals surface area contributed by atoms with Crippen LogP contribution in [-0.2, 0) is 23.9 Å². The van der Waals surface area contributed by atoms with Crippen molar-refractivity contribution in [1.82, 2.24) is 0 Å². The van der Waals surface area contributed by atoms with Crippen LogP contribution >= 0.6 is 0 Å². The topological polar surface area (TPSA) is 89.9 Å². The minimum absolute atomic E-state index is 0.00489. The summed E-state index contributed by atoms with van der Waals surface area (Å²) < 4.78 is 9.84. The van der Waals surface area contributed by atoms with Gasteiger partial charge in [0.05, 0.1) is 0 Å². The Bertz CT molecular complexity index is 709. The van der Waals surface area contributed by atoms with Gasteiger partial charge in [-0.3, -0.25) is 14.4 Å². The molecule has 0 saturated heterocycles. The van der Waals surface area contributed by atoms with E-state index in [0.717, 1.165) is 25.7 Å². The lowest BCUT2D eigenvalue weighted by atomic mass is 9.52. The number of rotatable bonds is 9. The molecule has 31 heavy (non-hydrogen) atoms. The van der Waals surface area contributed by atoms with Crippen molar-refractivity contribution in [3.05, 3.63) is 11.6 Å². The first-order valence-electron chi connectivity index (χ1n) is 11.6. The second kappa shape index (κ2) is 10.3. The molecule has 0 spiro atoms. The second-order valence-electron chi connectivity index (χ2n) is 10.7. The maximum absolute atomic E-state index is 12.4. The SMILES string of the molecule is CC(=O)OC[C@@H](O)COC(=O)C[C@H](C)CC[C@]1(C)C2=CC(=O)CC(C)(C)[C@H]2CC[C@@H]1C. The molecule has 0 radical (unpaired) electrons. The lowest BCUT2D eigenvalue weighted by Gasteiger charge is -2.52. The average molecular weight is 437 g/mol. The van der Waals surface area contributed by atoms with Crippen molar-refractivity contribution >= 4 is 17.7 Å². The Morgan fingerprint density at radius 3 is 2.48 bits per heavy atom. The molecule has 6 nitrogen and oxygen atoms in total. The first kappa shape index (κ1) is 25.6. The number of carbonyl (C=O) groups excluding carboxylic acids is 3. The van der Waals surface area contributed by atoms with Crippen LogP contribution in [0.1, 0.15) is 80.1 Å². The van der Waals surface area contributed by atoms with Crippen LogP contribution in [-0.4, -0.2) is 42.1 Å². The van der Waals surface area contributed by atoms with Gasteiger partial charge in [0.15, 0.2) is 5.78 Å². The van der Waals surface area contributed by atoms with Crippen LogP contribution in [0.3, 0.4) is 0 Å². The zero-order valence-electron chi connectivity index (χ0n) is 20.0. The van der Waals surface area contributed by atoms with Crippen LogP contribution in [0.25, 0.3) is 0 Å². The zero-order valence-corrected chi connectivity index (χ0v) is 20.0. The van der Waals surface area contributed by atoms with Crippen molar-refractivity contribution in [2.75, 3.05) is 13.2 Å². The number of hydrogen-bond acceptors (Lipinski definition) is 6. The summed E-state index contributed by atoms with van der Waals surface area (Å²) in [5, 5.41) is 9.70. The van der Waals surface area contributed by atoms with Gasteiger partial charge in [0.2, 0.25) is 0 Å². The number of hydrogen-bond donors (Lipinski definition) is 1. The Balaban J connectivity index is 1.91. The monoisotopic (exact) mass is 436 g/mol. The van der Waals surface area contributed by atoms with E-state index < -0.39 is 12.1 Å². The highest BCUT2D eigenvalue weighted by Crippen LogP contribution is 2.57. The Morgan fingerprint density at radius 1 is 1.19 bits per heavy atom. The molecule has 176 valence electrons. The molecular weight excluding hydrogens is 396 g/mol. The molecule has 0 bridgehead atoms. The van der Waals surface area contributed by atoms with E-state index >= 15 is 0 Å². The first-order chi connectivity index (χ1) is 14.3. The molecule has 6 heteroatoms. The van der Waals surface area contributed by atoms with E-state index in [0.29, 0.717) is 18.3 Å². The van der Waals surface area contributed by atoms with Gasteiger partial charge in [-0.15, -0.1) is 0 Å². The summed E-state index contributed by atoms with van der Waals surface area (Å²) in [6, 6.07) is 0. The van der Waals surface area contributed by atoms with E-state index in [-0.39, 0.29) is 48.1 Å². The minimum atomic E-state index is -1.01. The molecule has 0 aromatic carbocycles. The Labute approximate surface area is 186 Å². The van der Waals surface area contributed by atoms with Gasteiger partial charge in [-0.2, -0.15) is 0 Å². The molecule has 1 saturated carbocycles. The standard InChI is InChI=1S/C25H40O6/c1-16(11-23(29)31-15-20(28)14-30-18(3)26)9-10-25(6)17(2)7-8-21-22(25)12-19(27)13-24(21,4)5/h12,16-17,20-21,28H,7-11,13-15H2,1-6H3/t16-,17+,20-,21+,25+/m1/s1.